The normalized spacial score (nSPS) is 20.1. The summed E-state index contributed by atoms with van der Waals surface area (Å²) in [4.78, 5) is 14.3. The standard InChI is InChI=1S/C26H28ClN3O4S2.ClH/c1-29-22(16-8-4-2-5-9-16)15-30(17-10-6-3-7-11-17)21-13-19(27)18(12-24(21)36(29,33)34)23-14-20(28)25(35-23)26(31)32;/h3,6-7,10-14,16,22H,2,4-5,8-9,15,28H2,1H3,(H,31,32);1H/t22-;/m0./s1. The van der Waals surface area contributed by atoms with Crippen molar-refractivity contribution in [3.63, 3.8) is 0 Å². The molecule has 2 aliphatic rings. The van der Waals surface area contributed by atoms with Gasteiger partial charge in [-0.2, -0.15) is 4.31 Å². The highest BCUT2D eigenvalue weighted by Gasteiger charge is 2.41. The zero-order chi connectivity index (χ0) is 25.6. The molecule has 3 aromatic rings. The Balaban J connectivity index is 0.00000320. The van der Waals surface area contributed by atoms with Gasteiger partial charge in [0.15, 0.2) is 0 Å². The first-order chi connectivity index (χ1) is 17.2. The Morgan fingerprint density at radius 3 is 2.41 bits per heavy atom. The third-order valence-electron chi connectivity index (χ3n) is 7.32. The fourth-order valence-corrected chi connectivity index (χ4v) is 8.28. The van der Waals surface area contributed by atoms with Crippen LogP contribution < -0.4 is 10.6 Å². The molecule has 0 radical (unpaired) electrons. The van der Waals surface area contributed by atoms with E-state index in [0.717, 1.165) is 42.7 Å². The van der Waals surface area contributed by atoms with Gasteiger partial charge in [0.2, 0.25) is 10.0 Å². The van der Waals surface area contributed by atoms with Crippen molar-refractivity contribution < 1.29 is 18.3 Å². The second-order valence-corrected chi connectivity index (χ2v) is 12.9. The maximum absolute atomic E-state index is 14.1. The number of carboxylic acid groups (broad SMARTS) is 1. The molecule has 0 saturated heterocycles. The largest absolute Gasteiger partial charge is 0.477 e. The summed E-state index contributed by atoms with van der Waals surface area (Å²) in [5, 5.41) is 9.78. The van der Waals surface area contributed by atoms with Crippen molar-refractivity contribution in [2.24, 2.45) is 5.92 Å². The zero-order valence-electron chi connectivity index (χ0n) is 20.3. The van der Waals surface area contributed by atoms with Gasteiger partial charge in [-0.15, -0.1) is 23.7 Å². The lowest BCUT2D eigenvalue weighted by Crippen LogP contribution is -2.46. The van der Waals surface area contributed by atoms with Crippen molar-refractivity contribution >= 4 is 68.4 Å². The number of likely N-dealkylation sites (N-methyl/N-ethyl adjacent to an activating group) is 1. The number of fused-ring (bicyclic) bond motifs is 1. The van der Waals surface area contributed by atoms with Crippen molar-refractivity contribution in [1.29, 1.82) is 0 Å². The number of nitrogens with two attached hydrogens (primary N) is 1. The lowest BCUT2D eigenvalue weighted by atomic mass is 9.83. The number of halogens is 2. The summed E-state index contributed by atoms with van der Waals surface area (Å²) in [5.74, 6) is -0.864. The molecule has 198 valence electrons. The number of carbonyl (C=O) groups is 1. The van der Waals surface area contributed by atoms with Gasteiger partial charge in [0.05, 0.1) is 16.4 Å². The van der Waals surface area contributed by atoms with Crippen LogP contribution in [0.5, 0.6) is 0 Å². The van der Waals surface area contributed by atoms with Crippen LogP contribution in [0, 0.1) is 5.92 Å². The highest BCUT2D eigenvalue weighted by atomic mass is 35.5. The molecule has 2 aromatic carbocycles. The van der Waals surface area contributed by atoms with E-state index in [1.54, 1.807) is 19.2 Å². The van der Waals surface area contributed by atoms with Gasteiger partial charge in [-0.05, 0) is 49.1 Å². The van der Waals surface area contributed by atoms with Crippen molar-refractivity contribution in [1.82, 2.24) is 4.31 Å². The first kappa shape index (κ1) is 27.7. The van der Waals surface area contributed by atoms with Crippen molar-refractivity contribution in [2.45, 2.75) is 43.0 Å². The molecular weight excluding hydrogens is 553 g/mol. The second-order valence-electron chi connectivity index (χ2n) is 9.43. The van der Waals surface area contributed by atoms with Gasteiger partial charge >= 0.3 is 5.97 Å². The van der Waals surface area contributed by atoms with E-state index in [-0.39, 0.29) is 39.8 Å². The number of rotatable bonds is 4. The van der Waals surface area contributed by atoms with E-state index in [1.165, 1.54) is 16.8 Å². The maximum Gasteiger partial charge on any atom is 0.348 e. The summed E-state index contributed by atoms with van der Waals surface area (Å²) in [7, 11) is -2.20. The predicted molar refractivity (Wildman–Crippen MR) is 152 cm³/mol. The molecule has 7 nitrogen and oxygen atoms in total. The number of sulfonamides is 1. The smallest absolute Gasteiger partial charge is 0.348 e. The van der Waals surface area contributed by atoms with Gasteiger partial charge in [0.25, 0.3) is 0 Å². The van der Waals surface area contributed by atoms with Crippen LogP contribution in [0.2, 0.25) is 5.02 Å². The Morgan fingerprint density at radius 2 is 1.78 bits per heavy atom. The van der Waals surface area contributed by atoms with Crippen molar-refractivity contribution in [3.8, 4) is 10.4 Å². The van der Waals surface area contributed by atoms with E-state index in [9.17, 15) is 18.3 Å². The van der Waals surface area contributed by atoms with Crippen LogP contribution >= 0.6 is 35.3 Å². The highest BCUT2D eigenvalue weighted by Crippen LogP contribution is 2.46. The van der Waals surface area contributed by atoms with Crippen molar-refractivity contribution in [2.75, 3.05) is 24.2 Å². The van der Waals surface area contributed by atoms with Gasteiger partial charge in [0.1, 0.15) is 9.77 Å². The first-order valence-electron chi connectivity index (χ1n) is 12.0. The summed E-state index contributed by atoms with van der Waals surface area (Å²) in [6, 6.07) is 14.3. The molecule has 1 aromatic heterocycles. The van der Waals surface area contributed by atoms with Crippen LogP contribution in [0.1, 0.15) is 41.8 Å². The molecule has 1 atom stereocenters. The van der Waals surface area contributed by atoms with E-state index in [2.05, 4.69) is 4.90 Å². The van der Waals surface area contributed by atoms with Crippen LogP contribution in [0.3, 0.4) is 0 Å². The van der Waals surface area contributed by atoms with Crippen LogP contribution in [-0.2, 0) is 10.0 Å². The first-order valence-corrected chi connectivity index (χ1v) is 14.6. The Labute approximate surface area is 232 Å². The zero-order valence-corrected chi connectivity index (χ0v) is 23.5. The van der Waals surface area contributed by atoms with Crippen LogP contribution in [0.25, 0.3) is 10.4 Å². The summed E-state index contributed by atoms with van der Waals surface area (Å²) in [6.07, 6.45) is 5.40. The number of thiophene rings is 1. The van der Waals surface area contributed by atoms with Crippen LogP contribution in [0.4, 0.5) is 17.1 Å². The quantitative estimate of drug-likeness (QED) is 0.365. The Morgan fingerprint density at radius 1 is 1.11 bits per heavy atom. The number of carboxylic acids is 1. The number of anilines is 3. The third kappa shape index (κ3) is 5.07. The molecule has 5 rings (SSSR count). The molecule has 0 amide bonds. The van der Waals surface area contributed by atoms with E-state index < -0.39 is 16.0 Å². The summed E-state index contributed by atoms with van der Waals surface area (Å²) >= 11 is 7.72. The molecule has 37 heavy (non-hydrogen) atoms. The Kier molecular flexibility index (Phi) is 8.11. The molecule has 1 aliphatic heterocycles. The minimum absolute atomic E-state index is 0. The second kappa shape index (κ2) is 10.8. The van der Waals surface area contributed by atoms with Crippen molar-refractivity contribution in [3.05, 3.63) is 58.4 Å². The summed E-state index contributed by atoms with van der Waals surface area (Å²) in [6.45, 7) is 0.516. The lowest BCUT2D eigenvalue weighted by molar-refractivity contribution is 0.0703. The number of nitrogen functional groups attached to an aromatic ring is 1. The number of para-hydroxylation sites is 1. The van der Waals surface area contributed by atoms with E-state index >= 15 is 0 Å². The number of benzene rings is 2. The molecule has 1 saturated carbocycles. The molecule has 1 fully saturated rings. The predicted octanol–water partition coefficient (Wildman–Crippen LogP) is 6.49. The van der Waals surface area contributed by atoms with Gasteiger partial charge in [-0.1, -0.05) is 49.1 Å². The molecule has 2 heterocycles. The fourth-order valence-electron chi connectivity index (χ4n) is 5.41. The maximum atomic E-state index is 14.1. The third-order valence-corrected chi connectivity index (χ3v) is 10.7. The van der Waals surface area contributed by atoms with Crippen LogP contribution in [-0.4, -0.2) is 43.4 Å². The number of nitrogens with zero attached hydrogens (tertiary/aromatic N) is 2. The van der Waals surface area contributed by atoms with Gasteiger partial charge in [-0.3, -0.25) is 0 Å². The topological polar surface area (TPSA) is 104 Å². The molecule has 0 spiro atoms. The number of hydrogen-bond donors (Lipinski definition) is 2. The average molecular weight is 583 g/mol. The molecular formula is C26H29Cl2N3O4S2. The van der Waals surface area contributed by atoms with Crippen LogP contribution in [0.15, 0.2) is 53.4 Å². The molecule has 0 unspecified atom stereocenters. The lowest BCUT2D eigenvalue weighted by Gasteiger charge is -2.36. The number of hydrogen-bond acceptors (Lipinski definition) is 6. The fraction of sp³-hybridized carbons (Fsp3) is 0.346. The monoisotopic (exact) mass is 581 g/mol. The molecule has 3 N–H and O–H groups in total. The van der Waals surface area contributed by atoms with Gasteiger partial charge in [0, 0.05) is 35.8 Å². The number of aromatic carboxylic acids is 1. The average Bonchev–Trinajstić information content (AvgIpc) is 3.23. The minimum Gasteiger partial charge on any atom is -0.477 e. The molecule has 0 bridgehead atoms. The SMILES string of the molecule is CN1[C@H](C2CCCCC2)CN(c2ccccc2)c2cc(Cl)c(-c3cc(N)c(C(=O)O)s3)cc2S1(=O)=O.Cl. The van der Waals surface area contributed by atoms with E-state index in [4.69, 9.17) is 17.3 Å². The van der Waals surface area contributed by atoms with E-state index in [0.29, 0.717) is 27.7 Å². The summed E-state index contributed by atoms with van der Waals surface area (Å²) in [5.41, 5.74) is 7.89. The summed E-state index contributed by atoms with van der Waals surface area (Å²) < 4.78 is 29.7. The molecule has 1 aliphatic carbocycles. The van der Waals surface area contributed by atoms with Gasteiger partial charge in [-0.25, -0.2) is 13.2 Å². The Bertz CT molecular complexity index is 1410. The minimum atomic E-state index is -3.87. The molecule has 11 heteroatoms. The van der Waals surface area contributed by atoms with E-state index in [1.807, 2.05) is 30.3 Å². The van der Waals surface area contributed by atoms with Gasteiger partial charge < -0.3 is 15.7 Å². The highest BCUT2D eigenvalue weighted by molar-refractivity contribution is 7.89. The Hall–Kier alpha value is -2.30.